The lowest BCUT2D eigenvalue weighted by atomic mass is 9.89. The van der Waals surface area contributed by atoms with Gasteiger partial charge in [0.2, 0.25) is 0 Å². The zero-order valence-corrected chi connectivity index (χ0v) is 14.2. The summed E-state index contributed by atoms with van der Waals surface area (Å²) in [6.07, 6.45) is 7.01. The van der Waals surface area contributed by atoms with E-state index in [1.807, 2.05) is 0 Å². The number of anilines is 1. The van der Waals surface area contributed by atoms with E-state index < -0.39 is 0 Å². The third-order valence-corrected chi connectivity index (χ3v) is 4.36. The number of hydrogen-bond donors (Lipinski definition) is 1. The zero-order valence-electron chi connectivity index (χ0n) is 14.2. The summed E-state index contributed by atoms with van der Waals surface area (Å²) < 4.78 is 0. The molecule has 1 saturated carbocycles. The number of nitrogens with zero attached hydrogens (tertiary/aromatic N) is 2. The summed E-state index contributed by atoms with van der Waals surface area (Å²) >= 11 is 0. The third kappa shape index (κ3) is 5.31. The van der Waals surface area contributed by atoms with E-state index in [1.54, 1.807) is 0 Å². The van der Waals surface area contributed by atoms with Gasteiger partial charge in [0, 0.05) is 31.9 Å². The number of pyridine rings is 1. The molecule has 0 bridgehead atoms. The van der Waals surface area contributed by atoms with E-state index >= 15 is 0 Å². The maximum atomic E-state index is 4.72. The number of aryl methyl sites for hydroxylation is 1. The molecule has 0 radical (unpaired) electrons. The molecule has 0 unspecified atom stereocenters. The van der Waals surface area contributed by atoms with Crippen molar-refractivity contribution in [3.8, 4) is 0 Å². The van der Waals surface area contributed by atoms with Crippen LogP contribution in [0.3, 0.4) is 0 Å². The van der Waals surface area contributed by atoms with Crippen LogP contribution in [0.4, 0.5) is 5.82 Å². The average molecular weight is 289 g/mol. The van der Waals surface area contributed by atoms with Crippen LogP contribution in [-0.4, -0.2) is 24.6 Å². The molecule has 21 heavy (non-hydrogen) atoms. The molecule has 1 aromatic heterocycles. The third-order valence-electron chi connectivity index (χ3n) is 4.36. The first-order chi connectivity index (χ1) is 10.0. The maximum absolute atomic E-state index is 4.72. The van der Waals surface area contributed by atoms with Crippen LogP contribution in [0.15, 0.2) is 12.1 Å². The lowest BCUT2D eigenvalue weighted by molar-refractivity contribution is 0.361. The minimum Gasteiger partial charge on any atom is -0.359 e. The molecule has 0 spiro atoms. The van der Waals surface area contributed by atoms with E-state index in [0.717, 1.165) is 30.5 Å². The van der Waals surface area contributed by atoms with Crippen LogP contribution < -0.4 is 10.2 Å². The van der Waals surface area contributed by atoms with Crippen molar-refractivity contribution in [3.05, 3.63) is 23.4 Å². The first kappa shape index (κ1) is 16.3. The Morgan fingerprint density at radius 2 is 1.95 bits per heavy atom. The Morgan fingerprint density at radius 3 is 2.62 bits per heavy atom. The summed E-state index contributed by atoms with van der Waals surface area (Å²) in [6.45, 7) is 8.53. The summed E-state index contributed by atoms with van der Waals surface area (Å²) in [4.78, 5) is 7.07. The molecule has 1 N–H and O–H groups in total. The lowest BCUT2D eigenvalue weighted by Gasteiger charge is -2.28. The van der Waals surface area contributed by atoms with Gasteiger partial charge in [-0.25, -0.2) is 4.98 Å². The monoisotopic (exact) mass is 289 g/mol. The molecule has 0 amide bonds. The Kier molecular flexibility index (Phi) is 6.04. The molecule has 0 atom stereocenters. The van der Waals surface area contributed by atoms with Gasteiger partial charge in [-0.15, -0.1) is 0 Å². The molecule has 0 aliphatic heterocycles. The lowest BCUT2D eigenvalue weighted by Crippen LogP contribution is -2.28. The first-order valence-corrected chi connectivity index (χ1v) is 8.46. The zero-order chi connectivity index (χ0) is 15.2. The van der Waals surface area contributed by atoms with E-state index in [1.165, 1.54) is 37.7 Å². The fourth-order valence-electron chi connectivity index (χ4n) is 3.19. The van der Waals surface area contributed by atoms with Gasteiger partial charge >= 0.3 is 0 Å². The molecule has 1 fully saturated rings. The van der Waals surface area contributed by atoms with Crippen molar-refractivity contribution >= 4 is 5.82 Å². The second-order valence-electron chi connectivity index (χ2n) is 6.90. The van der Waals surface area contributed by atoms with E-state index in [0.29, 0.717) is 6.04 Å². The second kappa shape index (κ2) is 7.79. The van der Waals surface area contributed by atoms with Gasteiger partial charge in [0.15, 0.2) is 0 Å². The van der Waals surface area contributed by atoms with Crippen LogP contribution >= 0.6 is 0 Å². The van der Waals surface area contributed by atoms with Gasteiger partial charge < -0.3 is 10.2 Å². The van der Waals surface area contributed by atoms with Gasteiger partial charge in [-0.05, 0) is 43.4 Å². The SMILES string of the molecule is Cc1cc(CNC(C)C)cc(N(C)CC2CCCCC2)n1. The highest BCUT2D eigenvalue weighted by atomic mass is 15.2. The Bertz CT molecular complexity index is 436. The van der Waals surface area contributed by atoms with E-state index in [2.05, 4.69) is 50.2 Å². The molecule has 1 aliphatic carbocycles. The summed E-state index contributed by atoms with van der Waals surface area (Å²) in [6, 6.07) is 4.94. The summed E-state index contributed by atoms with van der Waals surface area (Å²) in [5, 5.41) is 3.49. The number of hydrogen-bond acceptors (Lipinski definition) is 3. The molecule has 2 rings (SSSR count). The van der Waals surface area contributed by atoms with Gasteiger partial charge in [-0.2, -0.15) is 0 Å². The van der Waals surface area contributed by atoms with E-state index in [-0.39, 0.29) is 0 Å². The topological polar surface area (TPSA) is 28.2 Å². The first-order valence-electron chi connectivity index (χ1n) is 8.46. The highest BCUT2D eigenvalue weighted by molar-refractivity contribution is 5.42. The number of nitrogens with one attached hydrogen (secondary N) is 1. The van der Waals surface area contributed by atoms with Crippen molar-refractivity contribution in [2.24, 2.45) is 5.92 Å². The molecule has 1 heterocycles. The van der Waals surface area contributed by atoms with Crippen LogP contribution in [0.1, 0.15) is 57.2 Å². The minimum absolute atomic E-state index is 0.516. The van der Waals surface area contributed by atoms with Crippen LogP contribution in [0.2, 0.25) is 0 Å². The number of aromatic nitrogens is 1. The molecule has 118 valence electrons. The molecule has 3 heteroatoms. The van der Waals surface area contributed by atoms with Crippen molar-refractivity contribution in [1.29, 1.82) is 0 Å². The van der Waals surface area contributed by atoms with Gasteiger partial charge in [-0.3, -0.25) is 0 Å². The van der Waals surface area contributed by atoms with E-state index in [4.69, 9.17) is 4.98 Å². The van der Waals surface area contributed by atoms with Crippen molar-refractivity contribution < 1.29 is 0 Å². The quantitative estimate of drug-likeness (QED) is 0.860. The largest absolute Gasteiger partial charge is 0.359 e. The molecule has 0 saturated heterocycles. The highest BCUT2D eigenvalue weighted by Gasteiger charge is 2.16. The van der Waals surface area contributed by atoms with Crippen molar-refractivity contribution in [2.75, 3.05) is 18.5 Å². The van der Waals surface area contributed by atoms with Crippen molar-refractivity contribution in [1.82, 2.24) is 10.3 Å². The fraction of sp³-hybridized carbons (Fsp3) is 0.722. The molecule has 1 aliphatic rings. The number of rotatable bonds is 6. The molecule has 1 aromatic rings. The Morgan fingerprint density at radius 1 is 1.24 bits per heavy atom. The van der Waals surface area contributed by atoms with Crippen LogP contribution in [-0.2, 0) is 6.54 Å². The molecule has 0 aromatic carbocycles. The fourth-order valence-corrected chi connectivity index (χ4v) is 3.19. The predicted molar refractivity (Wildman–Crippen MR) is 90.8 cm³/mol. The maximum Gasteiger partial charge on any atom is 0.128 e. The normalized spacial score (nSPS) is 16.4. The Hall–Kier alpha value is -1.09. The Labute approximate surface area is 130 Å². The minimum atomic E-state index is 0.516. The summed E-state index contributed by atoms with van der Waals surface area (Å²) in [5.74, 6) is 1.98. The van der Waals surface area contributed by atoms with Crippen molar-refractivity contribution in [2.45, 2.75) is 65.5 Å². The second-order valence-corrected chi connectivity index (χ2v) is 6.90. The molecule has 3 nitrogen and oxygen atoms in total. The summed E-state index contributed by atoms with van der Waals surface area (Å²) in [7, 11) is 2.19. The van der Waals surface area contributed by atoms with Gasteiger partial charge in [0.25, 0.3) is 0 Å². The predicted octanol–water partition coefficient (Wildman–Crippen LogP) is 3.90. The molecular formula is C18H31N3. The van der Waals surface area contributed by atoms with Gasteiger partial charge in [-0.1, -0.05) is 33.1 Å². The van der Waals surface area contributed by atoms with Crippen molar-refractivity contribution in [3.63, 3.8) is 0 Å². The Balaban J connectivity index is 1.99. The van der Waals surface area contributed by atoms with E-state index in [9.17, 15) is 0 Å². The van der Waals surface area contributed by atoms with Crippen LogP contribution in [0.5, 0.6) is 0 Å². The van der Waals surface area contributed by atoms with Crippen LogP contribution in [0.25, 0.3) is 0 Å². The summed E-state index contributed by atoms with van der Waals surface area (Å²) in [5.41, 5.74) is 2.45. The smallest absolute Gasteiger partial charge is 0.128 e. The van der Waals surface area contributed by atoms with Crippen LogP contribution in [0, 0.1) is 12.8 Å². The average Bonchev–Trinajstić information content (AvgIpc) is 2.45. The molecular weight excluding hydrogens is 258 g/mol. The standard InChI is InChI=1S/C18H31N3/c1-14(2)19-12-17-10-15(3)20-18(11-17)21(4)13-16-8-6-5-7-9-16/h10-11,14,16,19H,5-9,12-13H2,1-4H3. The van der Waals surface area contributed by atoms with Gasteiger partial charge in [0.05, 0.1) is 0 Å². The highest BCUT2D eigenvalue weighted by Crippen LogP contribution is 2.25. The van der Waals surface area contributed by atoms with Gasteiger partial charge in [0.1, 0.15) is 5.82 Å².